The number of nitrogens with zero attached hydrogens (tertiary/aromatic N) is 2. The van der Waals surface area contributed by atoms with E-state index in [1.807, 2.05) is 103 Å². The minimum Gasteiger partial charge on any atom is -0.349 e. The fourth-order valence-corrected chi connectivity index (χ4v) is 5.36. The lowest BCUT2D eigenvalue weighted by Crippen LogP contribution is -2.38. The van der Waals surface area contributed by atoms with Gasteiger partial charge in [-0.2, -0.15) is 5.26 Å². The number of carbonyl (C=O) groups excluding carboxylic acids is 1. The number of aryl methyl sites for hydroxylation is 1. The first-order valence-electron chi connectivity index (χ1n) is 14.0. The van der Waals surface area contributed by atoms with Gasteiger partial charge in [0.05, 0.1) is 10.6 Å². The zero-order valence-corrected chi connectivity index (χ0v) is 28.1. The molecule has 1 aliphatic rings. The van der Waals surface area contributed by atoms with Gasteiger partial charge in [0, 0.05) is 28.5 Å². The van der Waals surface area contributed by atoms with Gasteiger partial charge in [0.25, 0.3) is 5.91 Å². The van der Waals surface area contributed by atoms with Crippen LogP contribution in [-0.4, -0.2) is 23.8 Å². The van der Waals surface area contributed by atoms with Crippen molar-refractivity contribution in [3.63, 3.8) is 0 Å². The van der Waals surface area contributed by atoms with E-state index in [2.05, 4.69) is 23.0 Å². The summed E-state index contributed by atoms with van der Waals surface area (Å²) in [5.41, 5.74) is 3.88. The highest BCUT2D eigenvalue weighted by molar-refractivity contribution is 7.48. The number of halogens is 2. The lowest BCUT2D eigenvalue weighted by Gasteiger charge is -2.29. The molecule has 1 fully saturated rings. The van der Waals surface area contributed by atoms with Crippen LogP contribution in [0.4, 0.5) is 0 Å². The Morgan fingerprint density at radius 2 is 1.68 bits per heavy atom. The molecule has 1 aliphatic carbocycles. The molecule has 1 N–H and O–H groups in total. The number of nitrogens with one attached hydrogen (secondary N) is 1. The molecule has 1 saturated carbocycles. The standard InChI is InChI=1S/C21H22ClN2OP.C7H11N.C4H7Cl.C2H6/c1-14-2-4-15(5-3-14)21(25)24-17-7-10-18(11-8-17)26-19-9-6-16(13-23)20(22)12-19;1-4-5-6-8-7(2)3;1-3-4(2)5;1-2/h2-6,9,12,17-18,26H,7-8,10-11H2,1H3,(H,24,25);4-6H,2H2,1,3H3;3H,1-2H3;1-2H3/b;5-4-,8-6?;4-3+;. The van der Waals surface area contributed by atoms with Gasteiger partial charge in [0.2, 0.25) is 0 Å². The highest BCUT2D eigenvalue weighted by Crippen LogP contribution is 2.33. The average Bonchev–Trinajstić information content (AvgIpc) is 2.96. The van der Waals surface area contributed by atoms with Crippen LogP contribution in [-0.2, 0) is 0 Å². The predicted octanol–water partition coefficient (Wildman–Crippen LogP) is 9.91. The molecule has 0 spiro atoms. The third-order valence-electron chi connectivity index (χ3n) is 5.81. The molecule has 2 aromatic carbocycles. The first-order valence-corrected chi connectivity index (χ1v) is 15.9. The average molecular weight is 615 g/mol. The fourth-order valence-electron chi connectivity index (χ4n) is 3.54. The molecule has 3 rings (SSSR count). The van der Waals surface area contributed by atoms with Crippen molar-refractivity contribution in [3.8, 4) is 6.07 Å². The highest BCUT2D eigenvalue weighted by atomic mass is 35.5. The summed E-state index contributed by atoms with van der Waals surface area (Å²) in [4.78, 5) is 16.3. The number of benzene rings is 2. The maximum Gasteiger partial charge on any atom is 0.251 e. The Balaban J connectivity index is 0.000000886. The quantitative estimate of drug-likeness (QED) is 0.260. The van der Waals surface area contributed by atoms with E-state index >= 15 is 0 Å². The fraction of sp³-hybridized carbons (Fsp3) is 0.382. The van der Waals surface area contributed by atoms with Gasteiger partial charge in [0.1, 0.15) is 6.07 Å². The van der Waals surface area contributed by atoms with Crippen molar-refractivity contribution in [1.29, 1.82) is 5.26 Å². The van der Waals surface area contributed by atoms with Crippen LogP contribution in [0, 0.1) is 18.3 Å². The molecule has 4 nitrogen and oxygen atoms in total. The molecule has 0 radical (unpaired) electrons. The molecular formula is C34H46Cl2N3OP. The van der Waals surface area contributed by atoms with Crippen molar-refractivity contribution < 1.29 is 4.79 Å². The van der Waals surface area contributed by atoms with Gasteiger partial charge in [-0.05, 0) is 102 Å². The maximum absolute atomic E-state index is 12.3. The summed E-state index contributed by atoms with van der Waals surface area (Å²) in [6, 6.07) is 15.8. The third-order valence-corrected chi connectivity index (χ3v) is 7.97. The minimum atomic E-state index is 0.0229. The second-order valence-electron chi connectivity index (χ2n) is 9.25. The van der Waals surface area contributed by atoms with Crippen molar-refractivity contribution >= 4 is 49.2 Å². The molecule has 7 heteroatoms. The molecule has 222 valence electrons. The van der Waals surface area contributed by atoms with Gasteiger partial charge in [-0.15, -0.1) is 0 Å². The number of allylic oxidation sites excluding steroid dienone is 5. The molecule has 0 heterocycles. The summed E-state index contributed by atoms with van der Waals surface area (Å²) in [5.74, 6) is 0.0229. The molecule has 2 aromatic rings. The number of rotatable bonds is 6. The summed E-state index contributed by atoms with van der Waals surface area (Å²) in [5, 5.41) is 14.7. The predicted molar refractivity (Wildman–Crippen MR) is 184 cm³/mol. The van der Waals surface area contributed by atoms with E-state index in [1.165, 1.54) is 5.30 Å². The normalized spacial score (nSPS) is 16.5. The second-order valence-corrected chi connectivity index (χ2v) is 11.9. The number of hydrogen-bond donors (Lipinski definition) is 1. The molecule has 1 unspecified atom stereocenters. The monoisotopic (exact) mass is 613 g/mol. The van der Waals surface area contributed by atoms with E-state index in [4.69, 9.17) is 28.5 Å². The van der Waals surface area contributed by atoms with Crippen molar-refractivity contribution in [3.05, 3.63) is 99.7 Å². The number of amides is 1. The van der Waals surface area contributed by atoms with Gasteiger partial charge in [0.15, 0.2) is 0 Å². The number of aliphatic imine (C=N–C) groups is 1. The van der Waals surface area contributed by atoms with E-state index < -0.39 is 0 Å². The van der Waals surface area contributed by atoms with Crippen LogP contribution >= 0.6 is 31.8 Å². The third kappa shape index (κ3) is 17.7. The van der Waals surface area contributed by atoms with Crippen LogP contribution in [0.5, 0.6) is 0 Å². The Bertz CT molecular complexity index is 1190. The largest absolute Gasteiger partial charge is 0.349 e. The van der Waals surface area contributed by atoms with Gasteiger partial charge in [-0.3, -0.25) is 9.79 Å². The topological polar surface area (TPSA) is 65.2 Å². The molecular weight excluding hydrogens is 568 g/mol. The van der Waals surface area contributed by atoms with Crippen molar-refractivity contribution in [2.75, 3.05) is 0 Å². The summed E-state index contributed by atoms with van der Waals surface area (Å²) >= 11 is 11.5. The zero-order chi connectivity index (χ0) is 31.2. The van der Waals surface area contributed by atoms with Crippen molar-refractivity contribution in [1.82, 2.24) is 5.32 Å². The molecule has 0 aromatic heterocycles. The van der Waals surface area contributed by atoms with Gasteiger partial charge in [-0.25, -0.2) is 0 Å². The first-order chi connectivity index (χ1) is 19.6. The number of nitriles is 1. The van der Waals surface area contributed by atoms with Crippen molar-refractivity contribution in [2.45, 2.75) is 85.9 Å². The SMILES string of the molecule is C/C=C(\C)Cl.C=C(C)N=C/C=C\C.CC.Cc1ccc(C(=O)NC2CCC(Pc3ccc(C#N)c(Cl)c3)CC2)cc1. The van der Waals surface area contributed by atoms with E-state index in [-0.39, 0.29) is 11.9 Å². The van der Waals surface area contributed by atoms with Crippen LogP contribution in [0.1, 0.15) is 88.7 Å². The van der Waals surface area contributed by atoms with E-state index in [9.17, 15) is 4.79 Å². The highest BCUT2D eigenvalue weighted by Gasteiger charge is 2.23. The molecule has 0 aliphatic heterocycles. The Morgan fingerprint density at radius 3 is 2.15 bits per heavy atom. The Morgan fingerprint density at radius 1 is 1.10 bits per heavy atom. The van der Waals surface area contributed by atoms with Crippen LogP contribution in [0.25, 0.3) is 0 Å². The number of carbonyl (C=O) groups is 1. The molecule has 1 atom stereocenters. The van der Waals surface area contributed by atoms with Gasteiger partial charge in [-0.1, -0.05) is 88.1 Å². The number of hydrogen-bond acceptors (Lipinski definition) is 3. The van der Waals surface area contributed by atoms with Gasteiger partial charge < -0.3 is 5.32 Å². The summed E-state index contributed by atoms with van der Waals surface area (Å²) in [6.45, 7) is 17.2. The van der Waals surface area contributed by atoms with Crippen LogP contribution in [0.3, 0.4) is 0 Å². The zero-order valence-electron chi connectivity index (χ0n) is 25.6. The van der Waals surface area contributed by atoms with Crippen LogP contribution < -0.4 is 10.6 Å². The first kappa shape index (κ1) is 38.3. The molecule has 1 amide bonds. The van der Waals surface area contributed by atoms with Crippen molar-refractivity contribution in [2.24, 2.45) is 4.99 Å². The summed E-state index contributed by atoms with van der Waals surface area (Å²) < 4.78 is 0. The maximum atomic E-state index is 12.3. The Hall–Kier alpha value is -2.70. The van der Waals surface area contributed by atoms with E-state index in [0.29, 0.717) is 24.8 Å². The summed E-state index contributed by atoms with van der Waals surface area (Å²) in [6.07, 6.45) is 11.6. The van der Waals surface area contributed by atoms with Crippen LogP contribution in [0.2, 0.25) is 5.02 Å². The lowest BCUT2D eigenvalue weighted by atomic mass is 9.94. The molecule has 0 bridgehead atoms. The summed E-state index contributed by atoms with van der Waals surface area (Å²) in [7, 11) is 0.698. The lowest BCUT2D eigenvalue weighted by molar-refractivity contribution is 0.0928. The second kappa shape index (κ2) is 22.9. The van der Waals surface area contributed by atoms with Gasteiger partial charge >= 0.3 is 0 Å². The minimum absolute atomic E-state index is 0.0229. The Kier molecular flexibility index (Phi) is 21.4. The van der Waals surface area contributed by atoms with Crippen LogP contribution in [0.15, 0.2) is 83.0 Å². The molecule has 0 saturated heterocycles. The smallest absolute Gasteiger partial charge is 0.251 e. The Labute approximate surface area is 260 Å². The van der Waals surface area contributed by atoms with E-state index in [0.717, 1.165) is 47.5 Å². The molecule has 41 heavy (non-hydrogen) atoms. The van der Waals surface area contributed by atoms with E-state index in [1.54, 1.807) is 12.3 Å².